The second-order valence-electron chi connectivity index (χ2n) is 2.11. The fraction of sp³-hybridized carbons (Fsp3) is 0.143. The van der Waals surface area contributed by atoms with Crippen LogP contribution in [0.25, 0.3) is 0 Å². The lowest BCUT2D eigenvalue weighted by molar-refractivity contribution is 0.111. The molecule has 58 valence electrons. The average molecular weight is 171 g/mol. The smallest absolute Gasteiger partial charge is 0.169 e. The van der Waals surface area contributed by atoms with Crippen molar-refractivity contribution in [2.75, 3.05) is 0 Å². The molecular formula is C7H7ClN2O. The number of aldehydes is 1. The van der Waals surface area contributed by atoms with E-state index in [2.05, 4.69) is 11.6 Å². The van der Waals surface area contributed by atoms with Crippen molar-refractivity contribution in [2.24, 2.45) is 0 Å². The van der Waals surface area contributed by atoms with Crippen LogP contribution in [0.2, 0.25) is 0 Å². The van der Waals surface area contributed by atoms with Crippen LogP contribution in [-0.2, 0) is 6.54 Å². The van der Waals surface area contributed by atoms with Gasteiger partial charge in [0.05, 0.1) is 12.9 Å². The molecule has 1 rings (SSSR count). The molecule has 0 atom stereocenters. The third-order valence-corrected chi connectivity index (χ3v) is 1.25. The largest absolute Gasteiger partial charge is 0.331 e. The zero-order valence-corrected chi connectivity index (χ0v) is 6.58. The molecule has 4 heteroatoms. The lowest BCUT2D eigenvalue weighted by Gasteiger charge is -1.95. The molecule has 0 fully saturated rings. The van der Waals surface area contributed by atoms with Gasteiger partial charge in [-0.15, -0.1) is 0 Å². The van der Waals surface area contributed by atoms with Crippen LogP contribution in [0.1, 0.15) is 10.5 Å². The third kappa shape index (κ3) is 2.20. The average Bonchev–Trinajstić information content (AvgIpc) is 2.34. The Morgan fingerprint density at radius 3 is 3.09 bits per heavy atom. The Morgan fingerprint density at radius 2 is 2.64 bits per heavy atom. The highest BCUT2D eigenvalue weighted by Gasteiger charge is 1.96. The normalized spacial score (nSPS) is 9.55. The molecule has 0 spiro atoms. The first-order valence-corrected chi connectivity index (χ1v) is 3.40. The highest BCUT2D eigenvalue weighted by atomic mass is 35.5. The number of allylic oxidation sites excluding steroid dienone is 1. The Balaban J connectivity index is 2.72. The summed E-state index contributed by atoms with van der Waals surface area (Å²) >= 11 is 5.53. The van der Waals surface area contributed by atoms with Crippen molar-refractivity contribution in [3.63, 3.8) is 0 Å². The second kappa shape index (κ2) is 3.34. The summed E-state index contributed by atoms with van der Waals surface area (Å²) in [6, 6.07) is 0. The van der Waals surface area contributed by atoms with E-state index in [1.807, 2.05) is 0 Å². The number of aromatic nitrogens is 2. The van der Waals surface area contributed by atoms with Crippen molar-refractivity contribution in [1.82, 2.24) is 9.55 Å². The number of hydrogen-bond donors (Lipinski definition) is 0. The van der Waals surface area contributed by atoms with Crippen LogP contribution in [0.15, 0.2) is 24.1 Å². The van der Waals surface area contributed by atoms with Gasteiger partial charge in [0.15, 0.2) is 6.29 Å². The summed E-state index contributed by atoms with van der Waals surface area (Å²) in [5.74, 6) is 0. The number of carbonyl (C=O) groups is 1. The third-order valence-electron chi connectivity index (χ3n) is 1.13. The van der Waals surface area contributed by atoms with E-state index in [9.17, 15) is 4.79 Å². The van der Waals surface area contributed by atoms with Crippen LogP contribution < -0.4 is 0 Å². The lowest BCUT2D eigenvalue weighted by atomic mass is 10.5. The maximum absolute atomic E-state index is 10.2. The van der Waals surface area contributed by atoms with E-state index >= 15 is 0 Å². The van der Waals surface area contributed by atoms with Crippen molar-refractivity contribution >= 4 is 17.9 Å². The predicted octanol–water partition coefficient (Wildman–Crippen LogP) is 1.45. The zero-order chi connectivity index (χ0) is 8.27. The lowest BCUT2D eigenvalue weighted by Crippen LogP contribution is -1.92. The van der Waals surface area contributed by atoms with Gasteiger partial charge >= 0.3 is 0 Å². The van der Waals surface area contributed by atoms with E-state index in [1.165, 1.54) is 6.33 Å². The highest BCUT2D eigenvalue weighted by molar-refractivity contribution is 6.29. The summed E-state index contributed by atoms with van der Waals surface area (Å²) in [4.78, 5) is 14.0. The van der Waals surface area contributed by atoms with Crippen LogP contribution in [0.4, 0.5) is 0 Å². The molecule has 0 saturated heterocycles. The van der Waals surface area contributed by atoms with E-state index in [4.69, 9.17) is 11.6 Å². The summed E-state index contributed by atoms with van der Waals surface area (Å²) in [5.41, 5.74) is 0.405. The Morgan fingerprint density at radius 1 is 1.91 bits per heavy atom. The molecule has 0 amide bonds. The monoisotopic (exact) mass is 170 g/mol. The van der Waals surface area contributed by atoms with Crippen molar-refractivity contribution in [3.05, 3.63) is 29.8 Å². The van der Waals surface area contributed by atoms with Crippen LogP contribution in [-0.4, -0.2) is 15.8 Å². The van der Waals surface area contributed by atoms with Crippen molar-refractivity contribution in [1.29, 1.82) is 0 Å². The van der Waals surface area contributed by atoms with Gasteiger partial charge in [-0.05, 0) is 0 Å². The van der Waals surface area contributed by atoms with Crippen molar-refractivity contribution < 1.29 is 4.79 Å². The number of rotatable bonds is 3. The summed E-state index contributed by atoms with van der Waals surface area (Å²) in [6.45, 7) is 4.00. The van der Waals surface area contributed by atoms with Gasteiger partial charge in [-0.1, -0.05) is 18.2 Å². The van der Waals surface area contributed by atoms with Crippen LogP contribution in [0.3, 0.4) is 0 Å². The molecule has 0 aliphatic rings. The molecule has 1 aromatic heterocycles. The summed E-state index contributed by atoms with van der Waals surface area (Å²) < 4.78 is 1.69. The number of carbonyl (C=O) groups excluding carboxylic acids is 1. The quantitative estimate of drug-likeness (QED) is 0.644. The maximum atomic E-state index is 10.2. The Bertz CT molecular complexity index is 280. The molecule has 1 heterocycles. The van der Waals surface area contributed by atoms with Crippen LogP contribution in [0, 0.1) is 0 Å². The molecule has 3 nitrogen and oxygen atoms in total. The van der Waals surface area contributed by atoms with Gasteiger partial charge in [0.2, 0.25) is 0 Å². The predicted molar refractivity (Wildman–Crippen MR) is 42.6 cm³/mol. The van der Waals surface area contributed by atoms with E-state index in [0.29, 0.717) is 23.6 Å². The minimum absolute atomic E-state index is 0.405. The van der Waals surface area contributed by atoms with E-state index in [0.717, 1.165) is 0 Å². The van der Waals surface area contributed by atoms with Gasteiger partial charge in [0.25, 0.3) is 0 Å². The standard InChI is InChI=1S/C7H7ClN2O/c1-6(8)2-10-3-7(4-11)9-5-10/h3-5H,1-2H2. The van der Waals surface area contributed by atoms with Crippen LogP contribution in [0.5, 0.6) is 0 Å². The number of halogens is 1. The Hall–Kier alpha value is -1.09. The summed E-state index contributed by atoms with van der Waals surface area (Å²) in [7, 11) is 0. The molecule has 11 heavy (non-hydrogen) atoms. The van der Waals surface area contributed by atoms with E-state index in [-0.39, 0.29) is 0 Å². The van der Waals surface area contributed by atoms with Gasteiger partial charge in [-0.3, -0.25) is 4.79 Å². The molecule has 0 radical (unpaired) electrons. The van der Waals surface area contributed by atoms with Crippen molar-refractivity contribution in [3.8, 4) is 0 Å². The van der Waals surface area contributed by atoms with E-state index < -0.39 is 0 Å². The molecule has 0 aliphatic carbocycles. The fourth-order valence-electron chi connectivity index (χ4n) is 0.723. The highest BCUT2D eigenvalue weighted by Crippen LogP contribution is 2.02. The Labute approximate surface area is 69.3 Å². The molecule has 1 aromatic rings. The molecule has 0 unspecified atom stereocenters. The molecule has 0 N–H and O–H groups in total. The van der Waals surface area contributed by atoms with Gasteiger partial charge in [-0.2, -0.15) is 0 Å². The van der Waals surface area contributed by atoms with Crippen LogP contribution >= 0.6 is 11.6 Å². The summed E-state index contributed by atoms with van der Waals surface area (Å²) in [6.07, 6.45) is 3.84. The van der Waals surface area contributed by atoms with Gasteiger partial charge < -0.3 is 4.57 Å². The van der Waals surface area contributed by atoms with Gasteiger partial charge in [0, 0.05) is 11.2 Å². The molecular weight excluding hydrogens is 164 g/mol. The summed E-state index contributed by atoms with van der Waals surface area (Å²) in [5, 5.41) is 0.514. The number of nitrogens with zero attached hydrogens (tertiary/aromatic N) is 2. The fourth-order valence-corrected chi connectivity index (χ4v) is 0.861. The molecule has 0 aliphatic heterocycles. The zero-order valence-electron chi connectivity index (χ0n) is 5.83. The first-order chi connectivity index (χ1) is 5.22. The van der Waals surface area contributed by atoms with E-state index in [1.54, 1.807) is 10.8 Å². The first kappa shape index (κ1) is 8.01. The Kier molecular flexibility index (Phi) is 2.44. The first-order valence-electron chi connectivity index (χ1n) is 3.02. The number of hydrogen-bond acceptors (Lipinski definition) is 2. The van der Waals surface area contributed by atoms with Crippen molar-refractivity contribution in [2.45, 2.75) is 6.54 Å². The van der Waals surface area contributed by atoms with Gasteiger partial charge in [-0.25, -0.2) is 4.98 Å². The topological polar surface area (TPSA) is 34.9 Å². The minimum Gasteiger partial charge on any atom is -0.331 e. The maximum Gasteiger partial charge on any atom is 0.169 e. The minimum atomic E-state index is 0.405. The SMILES string of the molecule is C=C(Cl)Cn1cnc(C=O)c1. The second-order valence-corrected chi connectivity index (χ2v) is 2.64. The molecule has 0 aromatic carbocycles. The number of imidazole rings is 1. The molecule has 0 bridgehead atoms. The van der Waals surface area contributed by atoms with Gasteiger partial charge in [0.1, 0.15) is 5.69 Å². The molecule has 0 saturated carbocycles.